The fraction of sp³-hybridized carbons (Fsp3) is 0.467. The molecule has 1 aliphatic carbocycles. The summed E-state index contributed by atoms with van der Waals surface area (Å²) < 4.78 is 0. The van der Waals surface area contributed by atoms with Crippen LogP contribution in [0.4, 0.5) is 0 Å². The molecule has 1 aliphatic rings. The molecule has 1 aromatic carbocycles. The zero-order valence-corrected chi connectivity index (χ0v) is 11.4. The van der Waals surface area contributed by atoms with Crippen molar-refractivity contribution in [3.05, 3.63) is 35.4 Å². The molecule has 108 valence electrons. The van der Waals surface area contributed by atoms with Crippen LogP contribution >= 0.6 is 0 Å². The first-order valence-electron chi connectivity index (χ1n) is 6.91. The topological polar surface area (TPSA) is 83.6 Å². The summed E-state index contributed by atoms with van der Waals surface area (Å²) in [6.45, 7) is 0.788. The maximum absolute atomic E-state index is 11.2. The number of hydrogen-bond donors (Lipinski definition) is 2. The quantitative estimate of drug-likeness (QED) is 0.827. The number of primary amides is 1. The van der Waals surface area contributed by atoms with E-state index >= 15 is 0 Å². The average molecular weight is 276 g/mol. The minimum Gasteiger partial charge on any atom is -0.478 e. The number of carboxylic acid groups (broad SMARTS) is 1. The SMILES string of the molecule is NC(=O)CN(Cc1cccc(C(=O)O)c1)C1CCCC1. The van der Waals surface area contributed by atoms with Crippen molar-refractivity contribution in [2.75, 3.05) is 6.54 Å². The van der Waals surface area contributed by atoms with E-state index in [0.29, 0.717) is 12.6 Å². The van der Waals surface area contributed by atoms with Crippen molar-refractivity contribution in [3.8, 4) is 0 Å². The second-order valence-corrected chi connectivity index (χ2v) is 5.32. The van der Waals surface area contributed by atoms with Crippen molar-refractivity contribution in [3.63, 3.8) is 0 Å². The summed E-state index contributed by atoms with van der Waals surface area (Å²) in [4.78, 5) is 24.3. The molecule has 1 amide bonds. The van der Waals surface area contributed by atoms with Crippen LogP contribution < -0.4 is 5.73 Å². The van der Waals surface area contributed by atoms with Gasteiger partial charge in [0, 0.05) is 12.6 Å². The smallest absolute Gasteiger partial charge is 0.335 e. The normalized spacial score (nSPS) is 15.7. The van der Waals surface area contributed by atoms with E-state index in [2.05, 4.69) is 4.90 Å². The number of rotatable bonds is 6. The number of nitrogens with zero attached hydrogens (tertiary/aromatic N) is 1. The molecule has 5 heteroatoms. The summed E-state index contributed by atoms with van der Waals surface area (Å²) in [6.07, 6.45) is 4.50. The number of nitrogens with two attached hydrogens (primary N) is 1. The lowest BCUT2D eigenvalue weighted by Crippen LogP contribution is -2.39. The Morgan fingerprint density at radius 1 is 1.30 bits per heavy atom. The molecular formula is C15H20N2O3. The van der Waals surface area contributed by atoms with Crippen molar-refractivity contribution in [2.24, 2.45) is 5.73 Å². The van der Waals surface area contributed by atoms with Crippen LogP contribution in [-0.2, 0) is 11.3 Å². The Morgan fingerprint density at radius 2 is 2.00 bits per heavy atom. The van der Waals surface area contributed by atoms with E-state index in [4.69, 9.17) is 10.8 Å². The van der Waals surface area contributed by atoms with Crippen molar-refractivity contribution in [1.82, 2.24) is 4.90 Å². The van der Waals surface area contributed by atoms with Gasteiger partial charge in [0.25, 0.3) is 0 Å². The van der Waals surface area contributed by atoms with E-state index in [1.165, 1.54) is 12.8 Å². The highest BCUT2D eigenvalue weighted by Crippen LogP contribution is 2.24. The molecule has 0 spiro atoms. The van der Waals surface area contributed by atoms with Crippen molar-refractivity contribution >= 4 is 11.9 Å². The van der Waals surface area contributed by atoms with E-state index in [0.717, 1.165) is 18.4 Å². The van der Waals surface area contributed by atoms with Crippen molar-refractivity contribution < 1.29 is 14.7 Å². The van der Waals surface area contributed by atoms with Gasteiger partial charge in [-0.25, -0.2) is 4.79 Å². The number of carbonyl (C=O) groups is 2. The molecule has 2 rings (SSSR count). The van der Waals surface area contributed by atoms with Crippen molar-refractivity contribution in [1.29, 1.82) is 0 Å². The molecule has 0 heterocycles. The zero-order chi connectivity index (χ0) is 14.5. The average Bonchev–Trinajstić information content (AvgIpc) is 2.91. The summed E-state index contributed by atoms with van der Waals surface area (Å²) >= 11 is 0. The first-order chi connectivity index (χ1) is 9.56. The maximum Gasteiger partial charge on any atom is 0.335 e. The van der Waals surface area contributed by atoms with Crippen LogP contribution in [0.3, 0.4) is 0 Å². The summed E-state index contributed by atoms with van der Waals surface area (Å²) in [5, 5.41) is 9.01. The zero-order valence-electron chi connectivity index (χ0n) is 11.4. The van der Waals surface area contributed by atoms with Crippen LogP contribution in [0.25, 0.3) is 0 Å². The molecule has 0 atom stereocenters. The fourth-order valence-electron chi connectivity index (χ4n) is 2.82. The number of hydrogen-bond acceptors (Lipinski definition) is 3. The molecule has 1 saturated carbocycles. The van der Waals surface area contributed by atoms with E-state index in [9.17, 15) is 9.59 Å². The molecule has 5 nitrogen and oxygen atoms in total. The predicted molar refractivity (Wildman–Crippen MR) is 75.3 cm³/mol. The van der Waals surface area contributed by atoms with Gasteiger partial charge in [-0.2, -0.15) is 0 Å². The third-order valence-corrected chi connectivity index (χ3v) is 3.76. The van der Waals surface area contributed by atoms with Gasteiger partial charge in [0.05, 0.1) is 12.1 Å². The Hall–Kier alpha value is -1.88. The van der Waals surface area contributed by atoms with E-state index < -0.39 is 5.97 Å². The highest BCUT2D eigenvalue weighted by atomic mass is 16.4. The Balaban J connectivity index is 2.11. The standard InChI is InChI=1S/C15H20N2O3/c16-14(18)10-17(13-6-1-2-7-13)9-11-4-3-5-12(8-11)15(19)20/h3-5,8,13H,1-2,6-7,9-10H2,(H2,16,18)(H,19,20). The summed E-state index contributed by atoms with van der Waals surface area (Å²) in [6, 6.07) is 7.21. The largest absolute Gasteiger partial charge is 0.478 e. The van der Waals surface area contributed by atoms with Gasteiger partial charge in [0.15, 0.2) is 0 Å². The monoisotopic (exact) mass is 276 g/mol. The highest BCUT2D eigenvalue weighted by molar-refractivity contribution is 5.87. The van der Waals surface area contributed by atoms with Gasteiger partial charge in [-0.3, -0.25) is 9.69 Å². The van der Waals surface area contributed by atoms with Crippen LogP contribution in [0, 0.1) is 0 Å². The molecule has 0 aromatic heterocycles. The lowest BCUT2D eigenvalue weighted by Gasteiger charge is -2.27. The minimum atomic E-state index is -0.936. The van der Waals surface area contributed by atoms with Gasteiger partial charge in [0.2, 0.25) is 5.91 Å². The van der Waals surface area contributed by atoms with Gasteiger partial charge in [-0.1, -0.05) is 25.0 Å². The predicted octanol–water partition coefficient (Wildman–Crippen LogP) is 1.61. The third-order valence-electron chi connectivity index (χ3n) is 3.76. The third kappa shape index (κ3) is 3.81. The van der Waals surface area contributed by atoms with E-state index in [1.807, 2.05) is 6.07 Å². The molecule has 0 bridgehead atoms. The Kier molecular flexibility index (Phi) is 4.74. The molecule has 3 N–H and O–H groups in total. The minimum absolute atomic E-state index is 0.224. The highest BCUT2D eigenvalue weighted by Gasteiger charge is 2.23. The van der Waals surface area contributed by atoms with Gasteiger partial charge >= 0.3 is 5.97 Å². The van der Waals surface area contributed by atoms with Crippen LogP contribution in [-0.4, -0.2) is 34.5 Å². The molecule has 0 radical (unpaired) electrons. The first kappa shape index (κ1) is 14.5. The summed E-state index contributed by atoms with van der Waals surface area (Å²) in [5.41, 5.74) is 6.49. The Bertz CT molecular complexity index is 496. The molecule has 1 fully saturated rings. The molecule has 20 heavy (non-hydrogen) atoms. The van der Waals surface area contributed by atoms with Crippen LogP contribution in [0.1, 0.15) is 41.6 Å². The number of amides is 1. The van der Waals surface area contributed by atoms with Crippen LogP contribution in [0.5, 0.6) is 0 Å². The Labute approximate surface area is 118 Å². The fourth-order valence-corrected chi connectivity index (χ4v) is 2.82. The molecule has 0 unspecified atom stereocenters. The molecule has 0 aliphatic heterocycles. The van der Waals surface area contributed by atoms with E-state index in [-0.39, 0.29) is 18.0 Å². The summed E-state index contributed by atoms with van der Waals surface area (Å²) in [7, 11) is 0. The maximum atomic E-state index is 11.2. The van der Waals surface area contributed by atoms with Gasteiger partial charge in [-0.15, -0.1) is 0 Å². The van der Waals surface area contributed by atoms with Gasteiger partial charge < -0.3 is 10.8 Å². The van der Waals surface area contributed by atoms with Crippen LogP contribution in [0.2, 0.25) is 0 Å². The number of carboxylic acids is 1. The van der Waals surface area contributed by atoms with Crippen LogP contribution in [0.15, 0.2) is 24.3 Å². The molecular weight excluding hydrogens is 256 g/mol. The number of aromatic carboxylic acids is 1. The number of carbonyl (C=O) groups excluding carboxylic acids is 1. The lowest BCUT2D eigenvalue weighted by molar-refractivity contribution is -0.119. The van der Waals surface area contributed by atoms with E-state index in [1.54, 1.807) is 18.2 Å². The van der Waals surface area contributed by atoms with Gasteiger partial charge in [-0.05, 0) is 30.5 Å². The second-order valence-electron chi connectivity index (χ2n) is 5.32. The van der Waals surface area contributed by atoms with Gasteiger partial charge in [0.1, 0.15) is 0 Å². The Morgan fingerprint density at radius 3 is 2.60 bits per heavy atom. The lowest BCUT2D eigenvalue weighted by atomic mass is 10.1. The molecule has 0 saturated heterocycles. The van der Waals surface area contributed by atoms with Crippen molar-refractivity contribution in [2.45, 2.75) is 38.3 Å². The first-order valence-corrected chi connectivity index (χ1v) is 6.91. The molecule has 1 aromatic rings. The number of benzene rings is 1. The second kappa shape index (κ2) is 6.52. The summed E-state index contributed by atoms with van der Waals surface area (Å²) in [5.74, 6) is -1.28.